The first-order valence-electron chi connectivity index (χ1n) is 10.00. The van der Waals surface area contributed by atoms with Gasteiger partial charge in [-0.25, -0.2) is 0 Å². The molecule has 2 heterocycles. The maximum Gasteiger partial charge on any atom is 0.225 e. The highest BCUT2D eigenvalue weighted by Crippen LogP contribution is 2.31. The van der Waals surface area contributed by atoms with E-state index in [1.54, 1.807) is 0 Å². The largest absolute Gasteiger partial charge is 0.376 e. The second-order valence-electron chi connectivity index (χ2n) is 8.66. The molecule has 5 nitrogen and oxygen atoms in total. The van der Waals surface area contributed by atoms with Crippen molar-refractivity contribution in [1.82, 2.24) is 9.88 Å². The second-order valence-corrected chi connectivity index (χ2v) is 8.66. The first-order valence-corrected chi connectivity index (χ1v) is 10.00. The number of aromatic nitrogens is 1. The molecule has 0 aromatic carbocycles. The average molecular weight is 360 g/mol. The van der Waals surface area contributed by atoms with Crippen molar-refractivity contribution in [3.05, 3.63) is 24.5 Å². The number of nitrogens with zero attached hydrogens (tertiary/aromatic N) is 3. The van der Waals surface area contributed by atoms with Crippen LogP contribution < -0.4 is 4.90 Å². The van der Waals surface area contributed by atoms with Crippen molar-refractivity contribution < 1.29 is 9.53 Å². The van der Waals surface area contributed by atoms with E-state index in [9.17, 15) is 4.79 Å². The van der Waals surface area contributed by atoms with Gasteiger partial charge in [-0.1, -0.05) is 0 Å². The van der Waals surface area contributed by atoms with Crippen molar-refractivity contribution in [2.75, 3.05) is 37.7 Å². The molecule has 2 fully saturated rings. The molecule has 1 saturated heterocycles. The number of pyridine rings is 1. The molecule has 1 amide bonds. The fraction of sp³-hybridized carbons (Fsp3) is 0.714. The molecule has 0 N–H and O–H groups in total. The predicted octanol–water partition coefficient (Wildman–Crippen LogP) is 3.35. The molecular formula is C21H33N3O2. The summed E-state index contributed by atoms with van der Waals surface area (Å²) in [4.78, 5) is 21.4. The summed E-state index contributed by atoms with van der Waals surface area (Å²) in [5, 5.41) is 0. The fourth-order valence-electron chi connectivity index (χ4n) is 3.94. The number of piperazine rings is 1. The third kappa shape index (κ3) is 5.19. The lowest BCUT2D eigenvalue weighted by molar-refractivity contribution is -0.137. The lowest BCUT2D eigenvalue weighted by Gasteiger charge is -2.39. The summed E-state index contributed by atoms with van der Waals surface area (Å²) in [7, 11) is 0. The molecule has 0 bridgehead atoms. The lowest BCUT2D eigenvalue weighted by Crippen LogP contribution is -2.50. The van der Waals surface area contributed by atoms with Gasteiger partial charge in [-0.15, -0.1) is 0 Å². The minimum atomic E-state index is -0.0683. The highest BCUT2D eigenvalue weighted by Gasteiger charge is 2.31. The van der Waals surface area contributed by atoms with Crippen molar-refractivity contribution in [3.63, 3.8) is 0 Å². The van der Waals surface area contributed by atoms with E-state index >= 15 is 0 Å². The minimum absolute atomic E-state index is 0.0683. The number of anilines is 1. The number of hydrogen-bond acceptors (Lipinski definition) is 4. The molecule has 0 radical (unpaired) electrons. The van der Waals surface area contributed by atoms with E-state index in [-0.39, 0.29) is 11.5 Å². The van der Waals surface area contributed by atoms with Crippen LogP contribution in [0.5, 0.6) is 0 Å². The van der Waals surface area contributed by atoms with E-state index in [2.05, 4.69) is 35.6 Å². The van der Waals surface area contributed by atoms with Crippen molar-refractivity contribution in [1.29, 1.82) is 0 Å². The van der Waals surface area contributed by atoms with Gasteiger partial charge in [0.25, 0.3) is 0 Å². The number of carbonyl (C=O) groups excluding carboxylic acids is 1. The molecule has 0 spiro atoms. The molecule has 3 rings (SSSR count). The van der Waals surface area contributed by atoms with Crippen LogP contribution in [0.15, 0.2) is 24.5 Å². The Kier molecular flexibility index (Phi) is 6.17. The van der Waals surface area contributed by atoms with E-state index in [0.717, 1.165) is 58.5 Å². The van der Waals surface area contributed by atoms with Gasteiger partial charge in [0.15, 0.2) is 0 Å². The summed E-state index contributed by atoms with van der Waals surface area (Å²) in [5.74, 6) is 1.20. The number of carbonyl (C=O) groups is 1. The summed E-state index contributed by atoms with van der Waals surface area (Å²) in [6.45, 7) is 10.6. The molecule has 1 aliphatic carbocycles. The van der Waals surface area contributed by atoms with Crippen LogP contribution in [-0.2, 0) is 9.53 Å². The standard InChI is InChI=1S/C21H33N3O2/c1-21(2,3)26-16-17-4-6-18(7-5-17)20(25)24-14-12-23(13-15-24)19-8-10-22-11-9-19/h8-11,17-18H,4-7,12-16H2,1-3H3. The zero-order valence-corrected chi connectivity index (χ0v) is 16.5. The maximum absolute atomic E-state index is 12.9. The van der Waals surface area contributed by atoms with E-state index in [1.165, 1.54) is 5.69 Å². The third-order valence-electron chi connectivity index (χ3n) is 5.57. The Bertz CT molecular complexity index is 569. The first-order chi connectivity index (χ1) is 12.4. The Morgan fingerprint density at radius 1 is 1.08 bits per heavy atom. The van der Waals surface area contributed by atoms with Crippen LogP contribution in [0.2, 0.25) is 0 Å². The van der Waals surface area contributed by atoms with Gasteiger partial charge in [0.1, 0.15) is 0 Å². The molecule has 5 heteroatoms. The Morgan fingerprint density at radius 3 is 2.27 bits per heavy atom. The monoisotopic (exact) mass is 359 g/mol. The summed E-state index contributed by atoms with van der Waals surface area (Å²) >= 11 is 0. The van der Waals surface area contributed by atoms with Gasteiger partial charge in [0, 0.05) is 50.2 Å². The Balaban J connectivity index is 1.42. The molecule has 144 valence electrons. The van der Waals surface area contributed by atoms with E-state index in [1.807, 2.05) is 24.5 Å². The topological polar surface area (TPSA) is 45.7 Å². The minimum Gasteiger partial charge on any atom is -0.376 e. The lowest BCUT2D eigenvalue weighted by atomic mass is 9.81. The zero-order valence-electron chi connectivity index (χ0n) is 16.5. The van der Waals surface area contributed by atoms with Crippen LogP contribution in [0.3, 0.4) is 0 Å². The SMILES string of the molecule is CC(C)(C)OCC1CCC(C(=O)N2CCN(c3ccncc3)CC2)CC1. The molecule has 1 aliphatic heterocycles. The first kappa shape index (κ1) is 19.2. The predicted molar refractivity (Wildman–Crippen MR) is 104 cm³/mol. The zero-order chi connectivity index (χ0) is 18.6. The van der Waals surface area contributed by atoms with Crippen LogP contribution >= 0.6 is 0 Å². The molecule has 1 aromatic heterocycles. The van der Waals surface area contributed by atoms with Crippen molar-refractivity contribution in [2.45, 2.75) is 52.1 Å². The van der Waals surface area contributed by atoms with Crippen molar-refractivity contribution >= 4 is 11.6 Å². The van der Waals surface area contributed by atoms with Gasteiger partial charge >= 0.3 is 0 Å². The highest BCUT2D eigenvalue weighted by atomic mass is 16.5. The van der Waals surface area contributed by atoms with Crippen LogP contribution in [-0.4, -0.2) is 54.2 Å². The molecular weight excluding hydrogens is 326 g/mol. The molecule has 0 unspecified atom stereocenters. The summed E-state index contributed by atoms with van der Waals surface area (Å²) in [6, 6.07) is 4.08. The van der Waals surface area contributed by atoms with E-state index in [0.29, 0.717) is 11.8 Å². The molecule has 26 heavy (non-hydrogen) atoms. The van der Waals surface area contributed by atoms with Crippen LogP contribution in [0.4, 0.5) is 5.69 Å². The quantitative estimate of drug-likeness (QED) is 0.827. The van der Waals surface area contributed by atoms with Gasteiger partial charge in [-0.3, -0.25) is 9.78 Å². The number of rotatable bonds is 4. The van der Waals surface area contributed by atoms with Crippen molar-refractivity contribution in [2.24, 2.45) is 11.8 Å². The third-order valence-corrected chi connectivity index (χ3v) is 5.57. The van der Waals surface area contributed by atoms with Crippen LogP contribution in [0.1, 0.15) is 46.5 Å². The second kappa shape index (κ2) is 8.38. The Hall–Kier alpha value is -1.62. The molecule has 1 saturated carbocycles. The summed E-state index contributed by atoms with van der Waals surface area (Å²) in [5.41, 5.74) is 1.13. The molecule has 0 atom stereocenters. The Morgan fingerprint density at radius 2 is 1.69 bits per heavy atom. The average Bonchev–Trinajstić information content (AvgIpc) is 2.66. The van der Waals surface area contributed by atoms with Gasteiger partial charge in [-0.2, -0.15) is 0 Å². The van der Waals surface area contributed by atoms with Gasteiger partial charge in [-0.05, 0) is 64.5 Å². The van der Waals surface area contributed by atoms with E-state index in [4.69, 9.17) is 4.74 Å². The van der Waals surface area contributed by atoms with Crippen molar-refractivity contribution in [3.8, 4) is 0 Å². The number of hydrogen-bond donors (Lipinski definition) is 0. The van der Waals surface area contributed by atoms with Gasteiger partial charge in [0.2, 0.25) is 5.91 Å². The summed E-state index contributed by atoms with van der Waals surface area (Å²) in [6.07, 6.45) is 7.92. The Labute approximate surface area is 157 Å². The highest BCUT2D eigenvalue weighted by molar-refractivity contribution is 5.79. The fourth-order valence-corrected chi connectivity index (χ4v) is 3.94. The smallest absolute Gasteiger partial charge is 0.225 e. The van der Waals surface area contributed by atoms with Crippen LogP contribution in [0, 0.1) is 11.8 Å². The van der Waals surface area contributed by atoms with E-state index < -0.39 is 0 Å². The van der Waals surface area contributed by atoms with Crippen LogP contribution in [0.25, 0.3) is 0 Å². The molecule has 2 aliphatic rings. The summed E-state index contributed by atoms with van der Waals surface area (Å²) < 4.78 is 5.93. The van der Waals surface area contributed by atoms with Gasteiger partial charge < -0.3 is 14.5 Å². The molecule has 1 aromatic rings. The number of amides is 1. The normalized spacial score (nSPS) is 24.6. The number of ether oxygens (including phenoxy) is 1. The van der Waals surface area contributed by atoms with Gasteiger partial charge in [0.05, 0.1) is 12.2 Å². The maximum atomic E-state index is 12.9.